The Morgan fingerprint density at radius 3 is 2.76 bits per heavy atom. The number of benzene rings is 1. The fourth-order valence-corrected chi connectivity index (χ4v) is 3.46. The number of rotatable bonds is 4. The van der Waals surface area contributed by atoms with Crippen LogP contribution >= 0.6 is 11.3 Å². The van der Waals surface area contributed by atoms with Crippen LogP contribution in [0.25, 0.3) is 10.2 Å². The summed E-state index contributed by atoms with van der Waals surface area (Å²) in [5.41, 5.74) is 1.74. The van der Waals surface area contributed by atoms with Crippen molar-refractivity contribution in [1.29, 1.82) is 0 Å². The monoisotopic (exact) mass is 355 g/mol. The molecule has 25 heavy (non-hydrogen) atoms. The maximum absolute atomic E-state index is 12.3. The Morgan fingerprint density at radius 2 is 2.00 bits per heavy atom. The summed E-state index contributed by atoms with van der Waals surface area (Å²) < 4.78 is 1.49. The van der Waals surface area contributed by atoms with Crippen molar-refractivity contribution >= 4 is 33.1 Å². The van der Waals surface area contributed by atoms with Crippen LogP contribution in [0.15, 0.2) is 46.8 Å². The number of hydrogen-bond donors (Lipinski definition) is 1. The van der Waals surface area contributed by atoms with Gasteiger partial charge in [0.05, 0.1) is 11.7 Å². The lowest BCUT2D eigenvalue weighted by Crippen LogP contribution is -2.24. The summed E-state index contributed by atoms with van der Waals surface area (Å²) in [4.78, 5) is 29.7. The first kappa shape index (κ1) is 17.4. The first-order valence-electron chi connectivity index (χ1n) is 8.18. The highest BCUT2D eigenvalue weighted by Crippen LogP contribution is 2.29. The highest BCUT2D eigenvalue weighted by Gasteiger charge is 2.18. The molecule has 1 aromatic carbocycles. The number of carbonyl (C=O) groups excluding carboxylic acids is 1. The quantitative estimate of drug-likeness (QED) is 0.774. The Bertz CT molecular complexity index is 966. The maximum Gasteiger partial charge on any atom is 0.262 e. The Labute approximate surface area is 150 Å². The lowest BCUT2D eigenvalue weighted by atomic mass is 9.86. The number of amides is 1. The minimum Gasteiger partial charge on any atom is -0.326 e. The zero-order valence-corrected chi connectivity index (χ0v) is 15.4. The summed E-state index contributed by atoms with van der Waals surface area (Å²) in [6.07, 6.45) is 1.73. The third-order valence-electron chi connectivity index (χ3n) is 4.04. The number of fused-ring (bicyclic) bond motifs is 1. The molecule has 0 aliphatic rings. The smallest absolute Gasteiger partial charge is 0.262 e. The van der Waals surface area contributed by atoms with Crippen molar-refractivity contribution in [2.24, 2.45) is 0 Å². The van der Waals surface area contributed by atoms with Crippen molar-refractivity contribution < 1.29 is 4.79 Å². The number of nitrogens with one attached hydrogen (secondary N) is 1. The van der Waals surface area contributed by atoms with Crippen LogP contribution in [0.4, 0.5) is 5.69 Å². The molecule has 0 aliphatic carbocycles. The first-order chi connectivity index (χ1) is 11.9. The average molecular weight is 355 g/mol. The molecule has 0 bridgehead atoms. The molecule has 0 radical (unpaired) electrons. The van der Waals surface area contributed by atoms with Gasteiger partial charge in [-0.15, -0.1) is 11.3 Å². The highest BCUT2D eigenvalue weighted by molar-refractivity contribution is 7.16. The van der Waals surface area contributed by atoms with Crippen LogP contribution in [-0.2, 0) is 16.8 Å². The summed E-state index contributed by atoms with van der Waals surface area (Å²) >= 11 is 1.44. The van der Waals surface area contributed by atoms with E-state index in [-0.39, 0.29) is 23.3 Å². The number of para-hydroxylation sites is 1. The Kier molecular flexibility index (Phi) is 4.72. The van der Waals surface area contributed by atoms with Crippen LogP contribution in [0.2, 0.25) is 0 Å². The number of hydrogen-bond acceptors (Lipinski definition) is 4. The van der Waals surface area contributed by atoms with Crippen molar-refractivity contribution in [1.82, 2.24) is 9.55 Å². The molecule has 130 valence electrons. The van der Waals surface area contributed by atoms with Gasteiger partial charge in [-0.1, -0.05) is 39.0 Å². The number of anilines is 1. The van der Waals surface area contributed by atoms with E-state index in [4.69, 9.17) is 0 Å². The van der Waals surface area contributed by atoms with E-state index in [0.29, 0.717) is 11.9 Å². The van der Waals surface area contributed by atoms with E-state index in [1.54, 1.807) is 6.07 Å². The number of nitrogens with zero attached hydrogens (tertiary/aromatic N) is 2. The predicted molar refractivity (Wildman–Crippen MR) is 102 cm³/mol. The number of thiophene rings is 1. The van der Waals surface area contributed by atoms with E-state index < -0.39 is 0 Å². The lowest BCUT2D eigenvalue weighted by molar-refractivity contribution is -0.116. The fraction of sp³-hybridized carbons (Fsp3) is 0.316. The van der Waals surface area contributed by atoms with Crippen molar-refractivity contribution in [3.8, 4) is 0 Å². The minimum atomic E-state index is -0.117. The third kappa shape index (κ3) is 3.79. The van der Waals surface area contributed by atoms with Crippen molar-refractivity contribution in [3.05, 3.63) is 58.0 Å². The molecular weight excluding hydrogens is 334 g/mol. The van der Waals surface area contributed by atoms with Crippen molar-refractivity contribution in [2.45, 2.75) is 39.2 Å². The normalized spacial score (nSPS) is 11.6. The molecule has 1 amide bonds. The third-order valence-corrected chi connectivity index (χ3v) is 4.86. The zero-order valence-electron chi connectivity index (χ0n) is 14.6. The second kappa shape index (κ2) is 6.80. The molecule has 0 fully saturated rings. The SMILES string of the molecule is CC(C)(C)c1ccccc1NC(=O)CCn1cnc2sccc2c1=O. The van der Waals surface area contributed by atoms with E-state index in [1.807, 2.05) is 29.6 Å². The van der Waals surface area contributed by atoms with Gasteiger partial charge in [0.2, 0.25) is 5.91 Å². The molecular formula is C19H21N3O2S. The summed E-state index contributed by atoms with van der Waals surface area (Å²) in [6.45, 7) is 6.64. The van der Waals surface area contributed by atoms with Crippen molar-refractivity contribution in [2.75, 3.05) is 5.32 Å². The Hall–Kier alpha value is -2.47. The standard InChI is InChI=1S/C19H21N3O2S/c1-19(2,3)14-6-4-5-7-15(14)21-16(23)8-10-22-12-20-17-13(18(22)24)9-11-25-17/h4-7,9,11-12H,8,10H2,1-3H3,(H,21,23). The van der Waals surface area contributed by atoms with Crippen LogP contribution in [0, 0.1) is 0 Å². The minimum absolute atomic E-state index is 0.0608. The number of aryl methyl sites for hydroxylation is 1. The van der Waals surface area contributed by atoms with E-state index in [1.165, 1.54) is 22.2 Å². The molecule has 0 unspecified atom stereocenters. The molecule has 2 aromatic heterocycles. The molecule has 3 aromatic rings. The molecule has 0 aliphatic heterocycles. The van der Waals surface area contributed by atoms with Crippen LogP contribution < -0.4 is 10.9 Å². The summed E-state index contributed by atoms with van der Waals surface area (Å²) in [5.74, 6) is -0.117. The summed E-state index contributed by atoms with van der Waals surface area (Å²) in [7, 11) is 0. The van der Waals surface area contributed by atoms with Gasteiger partial charge in [0, 0.05) is 18.7 Å². The molecule has 0 saturated carbocycles. The molecule has 3 rings (SSSR count). The lowest BCUT2D eigenvalue weighted by Gasteiger charge is -2.23. The molecule has 2 heterocycles. The van der Waals surface area contributed by atoms with Crippen molar-refractivity contribution in [3.63, 3.8) is 0 Å². The fourth-order valence-electron chi connectivity index (χ4n) is 2.73. The van der Waals surface area contributed by atoms with Gasteiger partial charge in [-0.05, 0) is 28.5 Å². The second-order valence-corrected chi connectivity index (χ2v) is 7.87. The van der Waals surface area contributed by atoms with Gasteiger partial charge in [0.15, 0.2) is 0 Å². The van der Waals surface area contributed by atoms with Gasteiger partial charge in [0.1, 0.15) is 4.83 Å². The van der Waals surface area contributed by atoms with Crippen LogP contribution in [-0.4, -0.2) is 15.5 Å². The van der Waals surface area contributed by atoms with Gasteiger partial charge >= 0.3 is 0 Å². The molecule has 0 spiro atoms. The van der Waals surface area contributed by atoms with Gasteiger partial charge in [-0.3, -0.25) is 14.2 Å². The van der Waals surface area contributed by atoms with Crippen LogP contribution in [0.3, 0.4) is 0 Å². The topological polar surface area (TPSA) is 64.0 Å². The highest BCUT2D eigenvalue weighted by atomic mass is 32.1. The summed E-state index contributed by atoms with van der Waals surface area (Å²) in [6, 6.07) is 9.57. The van der Waals surface area contributed by atoms with Crippen LogP contribution in [0.5, 0.6) is 0 Å². The average Bonchev–Trinajstić information content (AvgIpc) is 3.03. The number of aromatic nitrogens is 2. The molecule has 0 saturated heterocycles. The predicted octanol–water partition coefficient (Wildman–Crippen LogP) is 3.78. The van der Waals surface area contributed by atoms with Gasteiger partial charge in [-0.25, -0.2) is 4.98 Å². The van der Waals surface area contributed by atoms with Crippen LogP contribution in [0.1, 0.15) is 32.8 Å². The molecule has 0 atom stereocenters. The summed E-state index contributed by atoms with van der Waals surface area (Å²) in [5, 5.41) is 5.42. The van der Waals surface area contributed by atoms with Gasteiger partial charge < -0.3 is 5.32 Å². The Morgan fingerprint density at radius 1 is 1.24 bits per heavy atom. The van der Waals surface area contributed by atoms with Gasteiger partial charge in [0.25, 0.3) is 5.56 Å². The first-order valence-corrected chi connectivity index (χ1v) is 9.06. The second-order valence-electron chi connectivity index (χ2n) is 6.98. The maximum atomic E-state index is 12.3. The van der Waals surface area contributed by atoms with E-state index >= 15 is 0 Å². The van der Waals surface area contributed by atoms with E-state index in [0.717, 1.165) is 16.1 Å². The zero-order chi connectivity index (χ0) is 18.0. The largest absolute Gasteiger partial charge is 0.326 e. The molecule has 5 nitrogen and oxygen atoms in total. The number of carbonyl (C=O) groups is 1. The molecule has 6 heteroatoms. The van der Waals surface area contributed by atoms with E-state index in [2.05, 4.69) is 31.1 Å². The van der Waals surface area contributed by atoms with Gasteiger partial charge in [-0.2, -0.15) is 0 Å². The Balaban J connectivity index is 1.71. The molecule has 1 N–H and O–H groups in total. The van der Waals surface area contributed by atoms with E-state index in [9.17, 15) is 9.59 Å².